The number of amides is 1. The van der Waals surface area contributed by atoms with Crippen LogP contribution in [0.15, 0.2) is 35.0 Å². The van der Waals surface area contributed by atoms with Crippen molar-refractivity contribution in [3.05, 3.63) is 57.7 Å². The summed E-state index contributed by atoms with van der Waals surface area (Å²) in [5.74, 6) is 1.15. The maximum atomic E-state index is 12.7. The molecular formula is C22H26Cl2N4O4. The van der Waals surface area contributed by atoms with Gasteiger partial charge in [-0.2, -0.15) is 0 Å². The van der Waals surface area contributed by atoms with E-state index >= 15 is 0 Å². The van der Waals surface area contributed by atoms with Crippen LogP contribution in [-0.2, 0) is 13.1 Å². The number of carbonyl (C=O) groups is 1. The predicted octanol–water partition coefficient (Wildman–Crippen LogP) is 4.87. The number of nitrogens with zero attached hydrogens (tertiary/aromatic N) is 2. The monoisotopic (exact) mass is 480 g/mol. The molecule has 3 rings (SSSR count). The first kappa shape index (κ1) is 25.5. The fraction of sp³-hybridized carbons (Fsp3) is 0.318. The third-order valence-electron chi connectivity index (χ3n) is 4.19. The number of aromatic nitrogens is 2. The van der Waals surface area contributed by atoms with Crippen LogP contribution in [0.25, 0.3) is 11.5 Å². The molecule has 0 atom stereocenters. The van der Waals surface area contributed by atoms with Gasteiger partial charge in [0, 0.05) is 30.1 Å². The predicted molar refractivity (Wildman–Crippen MR) is 124 cm³/mol. The fourth-order valence-electron chi connectivity index (χ4n) is 2.73. The summed E-state index contributed by atoms with van der Waals surface area (Å²) in [6, 6.07) is 5.22. The molecule has 0 fully saturated rings. The number of rotatable bonds is 8. The SMILES string of the molecule is CC.CCOc1cc(-c2nc(C(=O)NCc3c(Cl)cncc3Cl)c(CN)o2)ccc1OC. The van der Waals surface area contributed by atoms with Crippen molar-refractivity contribution in [1.29, 1.82) is 0 Å². The van der Waals surface area contributed by atoms with Gasteiger partial charge >= 0.3 is 0 Å². The summed E-state index contributed by atoms with van der Waals surface area (Å²) in [5.41, 5.74) is 7.01. The highest BCUT2D eigenvalue weighted by molar-refractivity contribution is 6.35. The van der Waals surface area contributed by atoms with Crippen LogP contribution in [-0.4, -0.2) is 29.6 Å². The third-order valence-corrected chi connectivity index (χ3v) is 4.84. The number of hydrogen-bond donors (Lipinski definition) is 2. The van der Waals surface area contributed by atoms with Gasteiger partial charge in [-0.1, -0.05) is 37.0 Å². The Bertz CT molecular complexity index is 1040. The van der Waals surface area contributed by atoms with Crippen molar-refractivity contribution in [2.24, 2.45) is 5.73 Å². The first-order valence-corrected chi connectivity index (χ1v) is 10.8. The molecule has 0 saturated heterocycles. The highest BCUT2D eigenvalue weighted by Crippen LogP contribution is 2.33. The maximum absolute atomic E-state index is 12.7. The first-order chi connectivity index (χ1) is 15.5. The summed E-state index contributed by atoms with van der Waals surface area (Å²) in [7, 11) is 1.55. The van der Waals surface area contributed by atoms with E-state index in [0.29, 0.717) is 39.3 Å². The molecular weight excluding hydrogens is 455 g/mol. The second kappa shape index (κ2) is 12.3. The average Bonchev–Trinajstić information content (AvgIpc) is 3.25. The van der Waals surface area contributed by atoms with Crippen molar-refractivity contribution in [1.82, 2.24) is 15.3 Å². The Hall–Kier alpha value is -2.81. The van der Waals surface area contributed by atoms with Crippen LogP contribution in [0, 0.1) is 0 Å². The minimum Gasteiger partial charge on any atom is -0.493 e. The number of ether oxygens (including phenoxy) is 2. The van der Waals surface area contributed by atoms with Crippen molar-refractivity contribution >= 4 is 29.1 Å². The number of nitrogens with two attached hydrogens (primary N) is 1. The number of halogens is 2. The molecule has 0 saturated carbocycles. The normalized spacial score (nSPS) is 10.2. The summed E-state index contributed by atoms with van der Waals surface area (Å²) >= 11 is 12.2. The van der Waals surface area contributed by atoms with Crippen LogP contribution in [0.5, 0.6) is 11.5 Å². The number of methoxy groups -OCH3 is 1. The summed E-state index contributed by atoms with van der Waals surface area (Å²) in [6.45, 7) is 6.43. The Morgan fingerprint density at radius 3 is 2.47 bits per heavy atom. The lowest BCUT2D eigenvalue weighted by molar-refractivity contribution is 0.0944. The smallest absolute Gasteiger partial charge is 0.273 e. The highest BCUT2D eigenvalue weighted by Gasteiger charge is 2.21. The second-order valence-electron chi connectivity index (χ2n) is 6.06. The zero-order valence-corrected chi connectivity index (χ0v) is 19.9. The number of carbonyl (C=O) groups excluding carboxylic acids is 1. The standard InChI is InChI=1S/C20H20Cl2N4O4.C2H6/c1-3-29-16-6-11(4-5-15(16)28-2)20-26-18(17(7-23)30-20)19(27)25-8-12-13(21)9-24-10-14(12)22;1-2/h4-6,9-10H,3,7-8,23H2,1-2H3,(H,25,27);1-2H3. The fourth-order valence-corrected chi connectivity index (χ4v) is 3.23. The number of benzene rings is 1. The first-order valence-electron chi connectivity index (χ1n) is 10.1. The van der Waals surface area contributed by atoms with E-state index in [1.807, 2.05) is 20.8 Å². The van der Waals surface area contributed by atoms with Crippen LogP contribution in [0.4, 0.5) is 0 Å². The van der Waals surface area contributed by atoms with Gasteiger partial charge in [0.15, 0.2) is 23.0 Å². The Labute approximate surface area is 197 Å². The van der Waals surface area contributed by atoms with E-state index in [1.54, 1.807) is 25.3 Å². The lowest BCUT2D eigenvalue weighted by Crippen LogP contribution is -2.25. The molecule has 0 spiro atoms. The Balaban J connectivity index is 0.00000176. The summed E-state index contributed by atoms with van der Waals surface area (Å²) in [5, 5.41) is 3.43. The van der Waals surface area contributed by atoms with Crippen LogP contribution in [0.1, 0.15) is 42.6 Å². The minimum atomic E-state index is -0.465. The van der Waals surface area contributed by atoms with Crippen LogP contribution >= 0.6 is 23.2 Å². The summed E-state index contributed by atoms with van der Waals surface area (Å²) < 4.78 is 16.6. The number of pyridine rings is 1. The highest BCUT2D eigenvalue weighted by atomic mass is 35.5. The van der Waals surface area contributed by atoms with E-state index in [1.165, 1.54) is 12.4 Å². The second-order valence-corrected chi connectivity index (χ2v) is 6.87. The molecule has 0 aliphatic carbocycles. The minimum absolute atomic E-state index is 0.000987. The van der Waals surface area contributed by atoms with Gasteiger partial charge in [-0.25, -0.2) is 4.98 Å². The van der Waals surface area contributed by atoms with Crippen LogP contribution in [0.2, 0.25) is 10.0 Å². The molecule has 3 aromatic rings. The van der Waals surface area contributed by atoms with Crippen molar-refractivity contribution < 1.29 is 18.7 Å². The van der Waals surface area contributed by atoms with Crippen molar-refractivity contribution in [3.8, 4) is 23.0 Å². The van der Waals surface area contributed by atoms with Crippen LogP contribution in [0.3, 0.4) is 0 Å². The third kappa shape index (κ3) is 5.91. The molecule has 0 aliphatic heterocycles. The molecule has 0 bridgehead atoms. The van der Waals surface area contributed by atoms with Gasteiger partial charge in [0.05, 0.1) is 30.3 Å². The quantitative estimate of drug-likeness (QED) is 0.472. The Morgan fingerprint density at radius 2 is 1.88 bits per heavy atom. The zero-order chi connectivity index (χ0) is 23.7. The molecule has 0 radical (unpaired) electrons. The molecule has 1 amide bonds. The largest absolute Gasteiger partial charge is 0.493 e. The van der Waals surface area contributed by atoms with Gasteiger partial charge in [0.25, 0.3) is 5.91 Å². The zero-order valence-electron chi connectivity index (χ0n) is 18.4. The van der Waals surface area contributed by atoms with Crippen LogP contribution < -0.4 is 20.5 Å². The van der Waals surface area contributed by atoms with Crippen molar-refractivity contribution in [2.75, 3.05) is 13.7 Å². The Kier molecular flexibility index (Phi) is 9.77. The lowest BCUT2D eigenvalue weighted by atomic mass is 10.2. The molecule has 2 heterocycles. The van der Waals surface area contributed by atoms with E-state index < -0.39 is 5.91 Å². The van der Waals surface area contributed by atoms with Gasteiger partial charge in [-0.05, 0) is 25.1 Å². The van der Waals surface area contributed by atoms with Gasteiger partial charge in [0.1, 0.15) is 0 Å². The summed E-state index contributed by atoms with van der Waals surface area (Å²) in [4.78, 5) is 20.9. The molecule has 3 N–H and O–H groups in total. The number of hydrogen-bond acceptors (Lipinski definition) is 7. The van der Waals surface area contributed by atoms with Crippen molar-refractivity contribution in [2.45, 2.75) is 33.9 Å². The number of nitrogens with one attached hydrogen (secondary N) is 1. The van der Waals surface area contributed by atoms with Gasteiger partial charge in [0.2, 0.25) is 5.89 Å². The van der Waals surface area contributed by atoms with Crippen molar-refractivity contribution in [3.63, 3.8) is 0 Å². The molecule has 8 nitrogen and oxygen atoms in total. The molecule has 32 heavy (non-hydrogen) atoms. The average molecular weight is 481 g/mol. The Morgan fingerprint density at radius 1 is 1.19 bits per heavy atom. The molecule has 1 aromatic carbocycles. The lowest BCUT2D eigenvalue weighted by Gasteiger charge is -2.09. The van der Waals surface area contributed by atoms with E-state index in [-0.39, 0.29) is 30.4 Å². The van der Waals surface area contributed by atoms with E-state index in [0.717, 1.165) is 0 Å². The van der Waals surface area contributed by atoms with Gasteiger partial charge in [-0.15, -0.1) is 0 Å². The van der Waals surface area contributed by atoms with Gasteiger partial charge in [-0.3, -0.25) is 9.78 Å². The topological polar surface area (TPSA) is 112 Å². The molecule has 10 heteroatoms. The van der Waals surface area contributed by atoms with E-state index in [4.69, 9.17) is 42.8 Å². The molecule has 2 aromatic heterocycles. The van der Waals surface area contributed by atoms with E-state index in [2.05, 4.69) is 15.3 Å². The maximum Gasteiger partial charge on any atom is 0.273 e. The van der Waals surface area contributed by atoms with E-state index in [9.17, 15) is 4.79 Å². The van der Waals surface area contributed by atoms with Gasteiger partial charge < -0.3 is 24.9 Å². The molecule has 0 unspecified atom stereocenters. The molecule has 0 aliphatic rings. The number of oxazole rings is 1. The summed E-state index contributed by atoms with van der Waals surface area (Å²) in [6.07, 6.45) is 2.90. The molecule has 172 valence electrons.